The molecule has 5 heteroatoms. The highest BCUT2D eigenvalue weighted by Gasteiger charge is 2.13. The molecule has 0 radical (unpaired) electrons. The van der Waals surface area contributed by atoms with E-state index in [-0.39, 0.29) is 5.97 Å². The van der Waals surface area contributed by atoms with Crippen molar-refractivity contribution in [2.45, 2.75) is 13.0 Å². The first kappa shape index (κ1) is 11.7. The van der Waals surface area contributed by atoms with E-state index in [9.17, 15) is 4.79 Å². The van der Waals surface area contributed by atoms with Crippen LogP contribution in [0.5, 0.6) is 0 Å². The number of ether oxygens (including phenoxy) is 2. The Balaban J connectivity index is 3.42. The third-order valence-electron chi connectivity index (χ3n) is 1.09. The Labute approximate surface area is 76.8 Å². The Kier molecular flexibility index (Phi) is 7.23. The smallest absolute Gasteiger partial charge is 0.323 e. The summed E-state index contributed by atoms with van der Waals surface area (Å²) in [6.45, 7) is 2.13. The molecular formula is C7H15NO3S. The molecule has 0 aromatic carbocycles. The van der Waals surface area contributed by atoms with Gasteiger partial charge in [-0.15, -0.1) is 11.8 Å². The predicted molar refractivity (Wildman–Crippen MR) is 48.9 cm³/mol. The zero-order valence-corrected chi connectivity index (χ0v) is 8.23. The molecule has 0 saturated heterocycles. The van der Waals surface area contributed by atoms with Gasteiger partial charge in [0.05, 0.1) is 12.5 Å². The Morgan fingerprint density at radius 1 is 1.67 bits per heavy atom. The second-order valence-electron chi connectivity index (χ2n) is 2.14. The molecule has 0 bridgehead atoms. The lowest BCUT2D eigenvalue weighted by molar-refractivity contribution is -0.144. The van der Waals surface area contributed by atoms with Gasteiger partial charge in [-0.3, -0.25) is 4.79 Å². The van der Waals surface area contributed by atoms with E-state index in [1.807, 2.05) is 0 Å². The molecule has 0 aromatic heterocycles. The second-order valence-corrected chi connectivity index (χ2v) is 3.11. The molecule has 0 aromatic rings. The number of carbonyl (C=O) groups is 1. The van der Waals surface area contributed by atoms with E-state index in [1.54, 1.807) is 14.0 Å². The summed E-state index contributed by atoms with van der Waals surface area (Å²) in [4.78, 5) is 10.9. The van der Waals surface area contributed by atoms with Crippen LogP contribution in [0.15, 0.2) is 0 Å². The molecule has 0 rings (SSSR count). The van der Waals surface area contributed by atoms with Crippen molar-refractivity contribution < 1.29 is 14.3 Å². The number of thioether (sulfide) groups is 1. The first-order chi connectivity index (χ1) is 5.72. The normalized spacial score (nSPS) is 12.6. The van der Waals surface area contributed by atoms with Crippen LogP contribution in [0.4, 0.5) is 0 Å². The minimum absolute atomic E-state index is 0.346. The molecule has 0 aliphatic carbocycles. The van der Waals surface area contributed by atoms with Gasteiger partial charge in [0.15, 0.2) is 0 Å². The van der Waals surface area contributed by atoms with Gasteiger partial charge < -0.3 is 15.2 Å². The molecule has 0 fully saturated rings. The molecule has 0 aliphatic rings. The van der Waals surface area contributed by atoms with Crippen molar-refractivity contribution in [2.24, 2.45) is 5.73 Å². The second kappa shape index (κ2) is 7.39. The maximum atomic E-state index is 10.9. The van der Waals surface area contributed by atoms with E-state index in [1.165, 1.54) is 11.8 Å². The fourth-order valence-electron chi connectivity index (χ4n) is 0.576. The molecule has 0 spiro atoms. The first-order valence-electron chi connectivity index (χ1n) is 3.71. The molecule has 12 heavy (non-hydrogen) atoms. The van der Waals surface area contributed by atoms with E-state index in [0.717, 1.165) is 0 Å². The van der Waals surface area contributed by atoms with Gasteiger partial charge in [0.2, 0.25) is 0 Å². The lowest BCUT2D eigenvalue weighted by atomic mass is 10.4. The SMILES string of the molecule is CCOC(=O)C(N)CSCOC. The molecule has 1 atom stereocenters. The van der Waals surface area contributed by atoms with Crippen LogP contribution in [0.2, 0.25) is 0 Å². The van der Waals surface area contributed by atoms with E-state index in [2.05, 4.69) is 0 Å². The van der Waals surface area contributed by atoms with Crippen molar-refractivity contribution in [1.82, 2.24) is 0 Å². The third-order valence-corrected chi connectivity index (χ3v) is 2.09. The summed E-state index contributed by atoms with van der Waals surface area (Å²) in [5.41, 5.74) is 5.49. The van der Waals surface area contributed by atoms with Crippen molar-refractivity contribution >= 4 is 17.7 Å². The van der Waals surface area contributed by atoms with Crippen LogP contribution in [0.1, 0.15) is 6.92 Å². The van der Waals surface area contributed by atoms with Gasteiger partial charge in [0.1, 0.15) is 6.04 Å². The maximum absolute atomic E-state index is 10.9. The average molecular weight is 193 g/mol. The zero-order valence-electron chi connectivity index (χ0n) is 7.41. The van der Waals surface area contributed by atoms with Crippen LogP contribution >= 0.6 is 11.8 Å². The number of rotatable bonds is 6. The Hall–Kier alpha value is -0.260. The summed E-state index contributed by atoms with van der Waals surface area (Å²) in [5, 5.41) is 0. The lowest BCUT2D eigenvalue weighted by Gasteiger charge is -2.08. The van der Waals surface area contributed by atoms with E-state index >= 15 is 0 Å². The minimum Gasteiger partial charge on any atom is -0.465 e. The van der Waals surface area contributed by atoms with Crippen molar-refractivity contribution in [3.8, 4) is 0 Å². The summed E-state index contributed by atoms with van der Waals surface area (Å²) in [6, 6.07) is -0.537. The van der Waals surface area contributed by atoms with Crippen molar-refractivity contribution in [2.75, 3.05) is 25.4 Å². The fraction of sp³-hybridized carbons (Fsp3) is 0.857. The van der Waals surface area contributed by atoms with Gasteiger partial charge in [-0.05, 0) is 6.92 Å². The maximum Gasteiger partial charge on any atom is 0.323 e. The number of nitrogens with two attached hydrogens (primary N) is 1. The van der Waals surface area contributed by atoms with Crippen LogP contribution < -0.4 is 5.73 Å². The van der Waals surface area contributed by atoms with Gasteiger partial charge in [0.25, 0.3) is 0 Å². The van der Waals surface area contributed by atoms with Crippen molar-refractivity contribution in [1.29, 1.82) is 0 Å². The van der Waals surface area contributed by atoms with Gasteiger partial charge in [-0.25, -0.2) is 0 Å². The molecule has 1 unspecified atom stereocenters. The Morgan fingerprint density at radius 3 is 2.83 bits per heavy atom. The summed E-state index contributed by atoms with van der Waals surface area (Å²) >= 11 is 1.47. The monoisotopic (exact) mass is 193 g/mol. The number of hydrogen-bond donors (Lipinski definition) is 1. The van der Waals surface area contributed by atoms with E-state index in [0.29, 0.717) is 18.3 Å². The van der Waals surface area contributed by atoms with Crippen molar-refractivity contribution in [3.63, 3.8) is 0 Å². The molecule has 0 aliphatic heterocycles. The van der Waals surface area contributed by atoms with Gasteiger partial charge in [-0.1, -0.05) is 0 Å². The highest BCUT2D eigenvalue weighted by Crippen LogP contribution is 2.02. The van der Waals surface area contributed by atoms with Gasteiger partial charge in [-0.2, -0.15) is 0 Å². The Bertz CT molecular complexity index is 132. The predicted octanol–water partition coefficient (Wildman–Crippen LogP) is 0.214. The van der Waals surface area contributed by atoms with Crippen LogP contribution in [0.25, 0.3) is 0 Å². The summed E-state index contributed by atoms with van der Waals surface area (Å²) < 4.78 is 9.50. The summed E-state index contributed by atoms with van der Waals surface area (Å²) in [5.74, 6) is 0.737. The van der Waals surface area contributed by atoms with Crippen molar-refractivity contribution in [3.05, 3.63) is 0 Å². The quantitative estimate of drug-likeness (QED) is 0.371. The van der Waals surface area contributed by atoms with Crippen LogP contribution in [-0.2, 0) is 14.3 Å². The summed E-state index contributed by atoms with van der Waals surface area (Å²) in [6.07, 6.45) is 0. The van der Waals surface area contributed by atoms with Crippen LogP contribution in [0, 0.1) is 0 Å². The number of carbonyl (C=O) groups excluding carboxylic acids is 1. The van der Waals surface area contributed by atoms with Crippen LogP contribution in [0.3, 0.4) is 0 Å². The molecule has 2 N–H and O–H groups in total. The minimum atomic E-state index is -0.537. The first-order valence-corrected chi connectivity index (χ1v) is 4.86. The summed E-state index contributed by atoms with van der Waals surface area (Å²) in [7, 11) is 1.60. The Morgan fingerprint density at radius 2 is 2.33 bits per heavy atom. The largest absolute Gasteiger partial charge is 0.465 e. The third kappa shape index (κ3) is 5.40. The number of hydrogen-bond acceptors (Lipinski definition) is 5. The standard InChI is InChI=1S/C7H15NO3S/c1-3-11-7(9)6(8)4-12-5-10-2/h6H,3-5,8H2,1-2H3. The van der Waals surface area contributed by atoms with Crippen LogP contribution in [-0.4, -0.2) is 37.4 Å². The molecule has 0 saturated carbocycles. The van der Waals surface area contributed by atoms with E-state index in [4.69, 9.17) is 15.2 Å². The molecule has 72 valence electrons. The molecular weight excluding hydrogens is 178 g/mol. The highest BCUT2D eigenvalue weighted by molar-refractivity contribution is 7.99. The lowest BCUT2D eigenvalue weighted by Crippen LogP contribution is -2.34. The van der Waals surface area contributed by atoms with Gasteiger partial charge >= 0.3 is 5.97 Å². The number of methoxy groups -OCH3 is 1. The molecule has 4 nitrogen and oxygen atoms in total. The molecule has 0 amide bonds. The molecule has 0 heterocycles. The average Bonchev–Trinajstić information content (AvgIpc) is 2.05. The van der Waals surface area contributed by atoms with Gasteiger partial charge in [0, 0.05) is 12.9 Å². The fourth-order valence-corrected chi connectivity index (χ4v) is 1.23. The van der Waals surface area contributed by atoms with E-state index < -0.39 is 6.04 Å². The topological polar surface area (TPSA) is 61.5 Å². The zero-order chi connectivity index (χ0) is 9.40. The number of esters is 1. The highest BCUT2D eigenvalue weighted by atomic mass is 32.2.